The first-order chi connectivity index (χ1) is 38.7. The first-order valence-corrected chi connectivity index (χ1v) is 29.5. The lowest BCUT2D eigenvalue weighted by Gasteiger charge is -2.37. The lowest BCUT2D eigenvalue weighted by Crippen LogP contribution is -2.58. The molecule has 4 aliphatic rings. The van der Waals surface area contributed by atoms with E-state index >= 15 is 0 Å². The standard InChI is InChI=1S/C64H86N8O8/c1-43(65-3)59(75)67-57(49-21-13-7-14-22-49)63(79)71-39-35-55(73)53(71)41-69(37-33-45-17-9-5-10-18-45)61(77)51-29-25-47(26-30-51)48-27-31-52(32-28-48)62(78)70(38-34-46-19-11-6-12-20-46)42-54-56(74)36-40-72(54)64(80)58(50-23-15-8-16-24-50)68-60(76)44(2)66-4/h5-6,9-12,17-20,25-32,43-44,49-50,53-58,65-66,73-74H,7-8,13-16,21-24,33-42H2,1-4H3,(H,67,75)(H,68,76)/t43-,44-,53-,54+,55-,56-,57-,58-/m0/s1. The van der Waals surface area contributed by atoms with Gasteiger partial charge in [0.1, 0.15) is 12.1 Å². The van der Waals surface area contributed by atoms with E-state index in [9.17, 15) is 39.0 Å². The first-order valence-electron chi connectivity index (χ1n) is 29.5. The Labute approximate surface area is 473 Å². The maximum Gasteiger partial charge on any atom is 0.253 e. The average molecular weight is 1100 g/mol. The van der Waals surface area contributed by atoms with Crippen LogP contribution >= 0.6 is 0 Å². The predicted octanol–water partition coefficient (Wildman–Crippen LogP) is 5.99. The number of carbonyl (C=O) groups is 6. The van der Waals surface area contributed by atoms with Crippen LogP contribution in [-0.4, -0.2) is 167 Å². The van der Waals surface area contributed by atoms with Crippen molar-refractivity contribution in [1.29, 1.82) is 0 Å². The lowest BCUT2D eigenvalue weighted by atomic mass is 9.83. The quantitative estimate of drug-likeness (QED) is 0.0512. The molecule has 2 saturated heterocycles. The van der Waals surface area contributed by atoms with Crippen LogP contribution < -0.4 is 21.3 Å². The second-order valence-electron chi connectivity index (χ2n) is 22.8. The molecule has 2 saturated carbocycles. The number of hydrogen-bond donors (Lipinski definition) is 6. The molecule has 2 aliphatic carbocycles. The number of nitrogens with one attached hydrogen (secondary N) is 4. The molecule has 0 spiro atoms. The lowest BCUT2D eigenvalue weighted by molar-refractivity contribution is -0.140. The van der Waals surface area contributed by atoms with Crippen molar-refractivity contribution in [3.8, 4) is 11.1 Å². The van der Waals surface area contributed by atoms with Gasteiger partial charge in [0.05, 0.1) is 36.4 Å². The van der Waals surface area contributed by atoms with E-state index in [1.54, 1.807) is 71.8 Å². The number of benzene rings is 4. The van der Waals surface area contributed by atoms with Crippen LogP contribution in [-0.2, 0) is 32.0 Å². The average Bonchev–Trinajstić information content (AvgIpc) is 4.07. The molecule has 4 aromatic carbocycles. The number of aliphatic hydroxyl groups excluding tert-OH is 2. The summed E-state index contributed by atoms with van der Waals surface area (Å²) in [7, 11) is 3.42. The Balaban J connectivity index is 0.989. The summed E-state index contributed by atoms with van der Waals surface area (Å²) < 4.78 is 0. The van der Waals surface area contributed by atoms with Crippen LogP contribution in [0.15, 0.2) is 109 Å². The zero-order chi connectivity index (χ0) is 56.7. The highest BCUT2D eigenvalue weighted by Crippen LogP contribution is 2.33. The molecular weight excluding hydrogens is 1010 g/mol. The van der Waals surface area contributed by atoms with Crippen molar-refractivity contribution in [2.24, 2.45) is 11.8 Å². The van der Waals surface area contributed by atoms with Crippen LogP contribution in [0.3, 0.4) is 0 Å². The summed E-state index contributed by atoms with van der Waals surface area (Å²) in [6.45, 7) is 5.08. The van der Waals surface area contributed by atoms with Crippen LogP contribution in [0, 0.1) is 11.8 Å². The summed E-state index contributed by atoms with van der Waals surface area (Å²) in [4.78, 5) is 92.1. The molecule has 4 aromatic rings. The Bertz CT molecular complexity index is 2480. The van der Waals surface area contributed by atoms with Crippen molar-refractivity contribution in [2.75, 3.05) is 53.4 Å². The number of nitrogens with zero attached hydrogens (tertiary/aromatic N) is 4. The SMILES string of the molecule is CN[C@@H](C)C(=O)N[C@H](C(=O)N1CC[C@H](O)[C@H]1CN(CCc1ccccc1)C(=O)c1ccc(-c2ccc(C(=O)N(CCc3ccccc3)C[C@H]3[C@@H](O)CCN3C(=O)[C@@H](NC(=O)[C@H](C)NC)C3CCCCC3)cc2)cc1)C1CCCCC1. The molecule has 4 fully saturated rings. The molecule has 0 bridgehead atoms. The van der Waals surface area contributed by atoms with Gasteiger partial charge in [0, 0.05) is 50.4 Å². The maximum absolute atomic E-state index is 14.7. The molecule has 2 aliphatic heterocycles. The summed E-state index contributed by atoms with van der Waals surface area (Å²) in [5.74, 6) is -1.43. The molecule has 16 nitrogen and oxygen atoms in total. The van der Waals surface area contributed by atoms with E-state index in [4.69, 9.17) is 0 Å². The third kappa shape index (κ3) is 15.1. The normalized spacial score (nSPS) is 21.3. The minimum atomic E-state index is -0.858. The van der Waals surface area contributed by atoms with E-state index in [0.717, 1.165) is 86.5 Å². The second-order valence-corrected chi connectivity index (χ2v) is 22.8. The molecule has 8 rings (SSSR count). The zero-order valence-electron chi connectivity index (χ0n) is 47.4. The molecule has 430 valence electrons. The topological polar surface area (TPSA) is 204 Å². The van der Waals surface area contributed by atoms with E-state index in [0.29, 0.717) is 63.0 Å². The Morgan fingerprint density at radius 2 is 0.850 bits per heavy atom. The number of rotatable bonds is 23. The third-order valence-electron chi connectivity index (χ3n) is 17.6. The Morgan fingerprint density at radius 3 is 1.19 bits per heavy atom. The van der Waals surface area contributed by atoms with Gasteiger partial charge in [0.2, 0.25) is 23.6 Å². The fourth-order valence-corrected chi connectivity index (χ4v) is 12.3. The van der Waals surface area contributed by atoms with Gasteiger partial charge in [-0.25, -0.2) is 0 Å². The maximum atomic E-state index is 14.7. The summed E-state index contributed by atoms with van der Waals surface area (Å²) in [6, 6.07) is 30.7. The van der Waals surface area contributed by atoms with Crippen molar-refractivity contribution in [1.82, 2.24) is 40.9 Å². The monoisotopic (exact) mass is 1090 g/mol. The van der Waals surface area contributed by atoms with Gasteiger partial charge in [0.15, 0.2) is 0 Å². The number of likely N-dealkylation sites (tertiary alicyclic amines) is 2. The number of aliphatic hydroxyl groups is 2. The summed E-state index contributed by atoms with van der Waals surface area (Å²) in [6.07, 6.45) is 9.58. The van der Waals surface area contributed by atoms with Crippen molar-refractivity contribution in [2.45, 2.75) is 152 Å². The van der Waals surface area contributed by atoms with Crippen LogP contribution in [0.25, 0.3) is 11.1 Å². The van der Waals surface area contributed by atoms with Crippen LogP contribution in [0.2, 0.25) is 0 Å². The fourth-order valence-electron chi connectivity index (χ4n) is 12.3. The van der Waals surface area contributed by atoms with Crippen molar-refractivity contribution < 1.29 is 39.0 Å². The fraction of sp³-hybridized carbons (Fsp3) is 0.531. The van der Waals surface area contributed by atoms with Crippen molar-refractivity contribution in [3.63, 3.8) is 0 Å². The highest BCUT2D eigenvalue weighted by atomic mass is 16.3. The van der Waals surface area contributed by atoms with Gasteiger partial charge in [-0.3, -0.25) is 28.8 Å². The van der Waals surface area contributed by atoms with Crippen LogP contribution in [0.4, 0.5) is 0 Å². The number of hydrogen-bond acceptors (Lipinski definition) is 10. The second kappa shape index (κ2) is 28.8. The Kier molecular flexibility index (Phi) is 21.5. The molecule has 6 amide bonds. The Hall–Kier alpha value is -6.46. The molecule has 0 radical (unpaired) electrons. The van der Waals surface area contributed by atoms with Crippen molar-refractivity contribution in [3.05, 3.63) is 131 Å². The van der Waals surface area contributed by atoms with E-state index in [2.05, 4.69) is 21.3 Å². The van der Waals surface area contributed by atoms with Gasteiger partial charge in [-0.2, -0.15) is 0 Å². The number of carbonyl (C=O) groups excluding carboxylic acids is 6. The van der Waals surface area contributed by atoms with Gasteiger partial charge in [-0.05, 0) is 138 Å². The summed E-state index contributed by atoms with van der Waals surface area (Å²) >= 11 is 0. The number of likely N-dealkylation sites (N-methyl/N-ethyl adjacent to an activating group) is 2. The highest BCUT2D eigenvalue weighted by molar-refractivity contribution is 5.96. The molecule has 2 heterocycles. The number of amides is 6. The molecule has 6 N–H and O–H groups in total. The predicted molar refractivity (Wildman–Crippen MR) is 310 cm³/mol. The van der Waals surface area contributed by atoms with E-state index < -0.39 is 48.5 Å². The molecule has 80 heavy (non-hydrogen) atoms. The largest absolute Gasteiger partial charge is 0.391 e. The van der Waals surface area contributed by atoms with Crippen LogP contribution in [0.5, 0.6) is 0 Å². The smallest absolute Gasteiger partial charge is 0.253 e. The van der Waals surface area contributed by atoms with Crippen molar-refractivity contribution >= 4 is 35.4 Å². The summed E-state index contributed by atoms with van der Waals surface area (Å²) in [5.41, 5.74) is 4.65. The minimum Gasteiger partial charge on any atom is -0.391 e. The minimum absolute atomic E-state index is 0.0190. The zero-order valence-corrected chi connectivity index (χ0v) is 47.4. The highest BCUT2D eigenvalue weighted by Gasteiger charge is 2.45. The third-order valence-corrected chi connectivity index (χ3v) is 17.6. The molecule has 0 aromatic heterocycles. The van der Waals surface area contributed by atoms with Gasteiger partial charge in [0.25, 0.3) is 11.8 Å². The van der Waals surface area contributed by atoms with E-state index in [1.165, 1.54) is 0 Å². The first kappa shape index (κ1) is 59.7. The van der Waals surface area contributed by atoms with Crippen LogP contribution in [0.1, 0.15) is 123 Å². The van der Waals surface area contributed by atoms with Gasteiger partial charge in [-0.1, -0.05) is 123 Å². The molecule has 16 heteroatoms. The molecule has 0 unspecified atom stereocenters. The molecule has 8 atom stereocenters. The van der Waals surface area contributed by atoms with Gasteiger partial charge < -0.3 is 51.1 Å². The Morgan fingerprint density at radius 1 is 0.500 bits per heavy atom. The molecular formula is C64H86N8O8. The van der Waals surface area contributed by atoms with Gasteiger partial charge in [-0.15, -0.1) is 0 Å². The van der Waals surface area contributed by atoms with E-state index in [1.807, 2.05) is 84.9 Å². The van der Waals surface area contributed by atoms with Gasteiger partial charge >= 0.3 is 0 Å². The van der Waals surface area contributed by atoms with E-state index in [-0.39, 0.29) is 60.4 Å². The summed E-state index contributed by atoms with van der Waals surface area (Å²) in [5, 5.41) is 35.2.